The van der Waals surface area contributed by atoms with Crippen LogP contribution in [-0.2, 0) is 9.53 Å². The molecule has 0 N–H and O–H groups in total. The third kappa shape index (κ3) is 6.25. The van der Waals surface area contributed by atoms with Gasteiger partial charge in [0.2, 0.25) is 0 Å². The highest BCUT2D eigenvalue weighted by molar-refractivity contribution is 5.85. The van der Waals surface area contributed by atoms with Crippen molar-refractivity contribution in [3.63, 3.8) is 0 Å². The molecule has 3 heteroatoms. The quantitative estimate of drug-likeness (QED) is 0.644. The SMILES string of the molecule is CCC(CC)COC(=O)C(C)CC.Cl. The van der Waals surface area contributed by atoms with Crippen molar-refractivity contribution in [1.29, 1.82) is 0 Å². The van der Waals surface area contributed by atoms with E-state index in [9.17, 15) is 4.79 Å². The summed E-state index contributed by atoms with van der Waals surface area (Å²) in [4.78, 5) is 11.3. The van der Waals surface area contributed by atoms with Crippen LogP contribution >= 0.6 is 12.4 Å². The molecular weight excluding hydrogens is 200 g/mol. The van der Waals surface area contributed by atoms with Crippen LogP contribution in [0.4, 0.5) is 0 Å². The molecule has 86 valence electrons. The Morgan fingerprint density at radius 1 is 1.14 bits per heavy atom. The summed E-state index contributed by atoms with van der Waals surface area (Å²) >= 11 is 0. The first-order valence-electron chi connectivity index (χ1n) is 5.32. The van der Waals surface area contributed by atoms with E-state index in [1.807, 2.05) is 13.8 Å². The smallest absolute Gasteiger partial charge is 0.308 e. The molecule has 0 bridgehead atoms. The van der Waals surface area contributed by atoms with E-state index in [2.05, 4.69) is 13.8 Å². The number of esters is 1. The predicted octanol–water partition coefficient (Wildman–Crippen LogP) is 3.43. The van der Waals surface area contributed by atoms with Crippen molar-refractivity contribution >= 4 is 18.4 Å². The number of ether oxygens (including phenoxy) is 1. The molecule has 0 aromatic rings. The second-order valence-electron chi connectivity index (χ2n) is 3.62. The molecule has 0 spiro atoms. The van der Waals surface area contributed by atoms with Crippen LogP contribution in [0.3, 0.4) is 0 Å². The summed E-state index contributed by atoms with van der Waals surface area (Å²) in [5, 5.41) is 0. The fraction of sp³-hybridized carbons (Fsp3) is 0.909. The van der Waals surface area contributed by atoms with Crippen molar-refractivity contribution in [1.82, 2.24) is 0 Å². The van der Waals surface area contributed by atoms with E-state index in [4.69, 9.17) is 4.74 Å². The number of carbonyl (C=O) groups is 1. The molecule has 0 saturated heterocycles. The maximum Gasteiger partial charge on any atom is 0.308 e. The van der Waals surface area contributed by atoms with E-state index in [0.717, 1.165) is 19.3 Å². The van der Waals surface area contributed by atoms with Gasteiger partial charge in [0.25, 0.3) is 0 Å². The largest absolute Gasteiger partial charge is 0.465 e. The van der Waals surface area contributed by atoms with Gasteiger partial charge in [-0.25, -0.2) is 0 Å². The van der Waals surface area contributed by atoms with E-state index in [1.165, 1.54) is 0 Å². The first-order valence-corrected chi connectivity index (χ1v) is 5.32. The standard InChI is InChI=1S/C11H22O2.ClH/c1-5-9(4)11(12)13-8-10(6-2)7-3;/h9-10H,5-8H2,1-4H3;1H. The Morgan fingerprint density at radius 3 is 2.00 bits per heavy atom. The summed E-state index contributed by atoms with van der Waals surface area (Å²) < 4.78 is 5.20. The highest BCUT2D eigenvalue weighted by Gasteiger charge is 2.13. The predicted molar refractivity (Wildman–Crippen MR) is 61.7 cm³/mol. The number of hydrogen-bond donors (Lipinski definition) is 0. The molecule has 0 heterocycles. The molecule has 14 heavy (non-hydrogen) atoms. The lowest BCUT2D eigenvalue weighted by molar-refractivity contribution is -0.149. The molecule has 0 amide bonds. The molecule has 0 fully saturated rings. The highest BCUT2D eigenvalue weighted by atomic mass is 35.5. The van der Waals surface area contributed by atoms with E-state index < -0.39 is 0 Å². The summed E-state index contributed by atoms with van der Waals surface area (Å²) in [5.74, 6) is 0.539. The van der Waals surface area contributed by atoms with Gasteiger partial charge in [0, 0.05) is 0 Å². The van der Waals surface area contributed by atoms with Gasteiger partial charge in [0.1, 0.15) is 0 Å². The van der Waals surface area contributed by atoms with Gasteiger partial charge in [-0.1, -0.05) is 40.5 Å². The fourth-order valence-corrected chi connectivity index (χ4v) is 1.03. The minimum absolute atomic E-state index is 0. The van der Waals surface area contributed by atoms with Crippen LogP contribution in [0, 0.1) is 11.8 Å². The molecule has 0 aliphatic carbocycles. The van der Waals surface area contributed by atoms with Gasteiger partial charge >= 0.3 is 5.97 Å². The van der Waals surface area contributed by atoms with Crippen molar-refractivity contribution in [3.05, 3.63) is 0 Å². The molecule has 0 aromatic heterocycles. The summed E-state index contributed by atoms with van der Waals surface area (Å²) in [6, 6.07) is 0. The summed E-state index contributed by atoms with van der Waals surface area (Å²) in [6.45, 7) is 8.77. The monoisotopic (exact) mass is 222 g/mol. The van der Waals surface area contributed by atoms with Gasteiger partial charge in [-0.15, -0.1) is 12.4 Å². The van der Waals surface area contributed by atoms with Crippen LogP contribution in [0.1, 0.15) is 47.0 Å². The minimum atomic E-state index is -0.0469. The average Bonchev–Trinajstić information content (AvgIpc) is 2.17. The van der Waals surface area contributed by atoms with Crippen LogP contribution < -0.4 is 0 Å². The fourth-order valence-electron chi connectivity index (χ4n) is 1.03. The first-order chi connectivity index (χ1) is 6.15. The van der Waals surface area contributed by atoms with Crippen LogP contribution in [0.5, 0.6) is 0 Å². The Kier molecular flexibility index (Phi) is 10.8. The van der Waals surface area contributed by atoms with E-state index in [1.54, 1.807) is 0 Å². The normalized spacial score (nSPS) is 12.1. The molecule has 2 nitrogen and oxygen atoms in total. The summed E-state index contributed by atoms with van der Waals surface area (Å²) in [5.41, 5.74) is 0. The zero-order chi connectivity index (χ0) is 10.3. The lowest BCUT2D eigenvalue weighted by atomic mass is 10.1. The van der Waals surface area contributed by atoms with Crippen molar-refractivity contribution in [3.8, 4) is 0 Å². The number of halogens is 1. The maximum atomic E-state index is 11.3. The number of rotatable bonds is 6. The Labute approximate surface area is 93.8 Å². The van der Waals surface area contributed by atoms with Crippen molar-refractivity contribution in [2.45, 2.75) is 47.0 Å². The molecule has 0 radical (unpaired) electrons. The topological polar surface area (TPSA) is 26.3 Å². The molecule has 0 aliphatic heterocycles. The molecule has 1 unspecified atom stereocenters. The van der Waals surface area contributed by atoms with Gasteiger partial charge in [-0.3, -0.25) is 4.79 Å². The molecule has 1 atom stereocenters. The first kappa shape index (κ1) is 16.2. The highest BCUT2D eigenvalue weighted by Crippen LogP contribution is 2.10. The van der Waals surface area contributed by atoms with E-state index >= 15 is 0 Å². The van der Waals surface area contributed by atoms with E-state index in [-0.39, 0.29) is 24.3 Å². The lowest BCUT2D eigenvalue weighted by Gasteiger charge is -2.14. The van der Waals surface area contributed by atoms with Crippen LogP contribution in [-0.4, -0.2) is 12.6 Å². The van der Waals surface area contributed by atoms with Gasteiger partial charge < -0.3 is 4.74 Å². The van der Waals surface area contributed by atoms with E-state index in [0.29, 0.717) is 12.5 Å². The number of carbonyl (C=O) groups excluding carboxylic acids is 1. The van der Waals surface area contributed by atoms with Gasteiger partial charge in [-0.2, -0.15) is 0 Å². The van der Waals surface area contributed by atoms with Gasteiger partial charge in [0.15, 0.2) is 0 Å². The third-order valence-corrected chi connectivity index (χ3v) is 2.63. The molecule has 0 aromatic carbocycles. The van der Waals surface area contributed by atoms with Gasteiger partial charge in [0.05, 0.1) is 12.5 Å². The third-order valence-electron chi connectivity index (χ3n) is 2.63. The zero-order valence-electron chi connectivity index (χ0n) is 9.71. The Balaban J connectivity index is 0. The molecule has 0 aliphatic rings. The molecule has 0 saturated carbocycles. The second-order valence-corrected chi connectivity index (χ2v) is 3.62. The second kappa shape index (κ2) is 9.32. The Hall–Kier alpha value is -0.240. The minimum Gasteiger partial charge on any atom is -0.465 e. The Bertz CT molecular complexity index is 144. The van der Waals surface area contributed by atoms with Crippen molar-refractivity contribution < 1.29 is 9.53 Å². The summed E-state index contributed by atoms with van der Waals surface area (Å²) in [7, 11) is 0. The van der Waals surface area contributed by atoms with Gasteiger partial charge in [-0.05, 0) is 12.3 Å². The van der Waals surface area contributed by atoms with Crippen molar-refractivity contribution in [2.24, 2.45) is 11.8 Å². The summed E-state index contributed by atoms with van der Waals surface area (Å²) in [6.07, 6.45) is 3.04. The van der Waals surface area contributed by atoms with Crippen LogP contribution in [0.25, 0.3) is 0 Å². The van der Waals surface area contributed by atoms with Crippen LogP contribution in [0.15, 0.2) is 0 Å². The molecule has 0 rings (SSSR count). The van der Waals surface area contributed by atoms with Crippen LogP contribution in [0.2, 0.25) is 0 Å². The molecular formula is C11H23ClO2. The Morgan fingerprint density at radius 2 is 1.64 bits per heavy atom. The zero-order valence-corrected chi connectivity index (χ0v) is 10.5. The lowest BCUT2D eigenvalue weighted by Crippen LogP contribution is -2.18. The van der Waals surface area contributed by atoms with Crippen molar-refractivity contribution in [2.75, 3.05) is 6.61 Å². The number of hydrogen-bond acceptors (Lipinski definition) is 2. The maximum absolute atomic E-state index is 11.3. The average molecular weight is 223 g/mol.